The smallest absolute Gasteiger partial charge is 0.251 e. The zero-order chi connectivity index (χ0) is 14.5. The van der Waals surface area contributed by atoms with Gasteiger partial charge >= 0.3 is 0 Å². The van der Waals surface area contributed by atoms with Gasteiger partial charge in [-0.1, -0.05) is 0 Å². The summed E-state index contributed by atoms with van der Waals surface area (Å²) in [6, 6.07) is 4.31. The van der Waals surface area contributed by atoms with Crippen molar-refractivity contribution in [3.63, 3.8) is 0 Å². The van der Waals surface area contributed by atoms with Crippen LogP contribution < -0.4 is 5.32 Å². The number of benzene rings is 1. The third-order valence-corrected chi connectivity index (χ3v) is 3.48. The SMILES string of the molecule is Cc1cc(C(=O)NCCCN2CCCC2=O)ccc1F. The van der Waals surface area contributed by atoms with Gasteiger partial charge in [0.2, 0.25) is 5.91 Å². The topological polar surface area (TPSA) is 49.4 Å². The van der Waals surface area contributed by atoms with E-state index in [0.29, 0.717) is 30.6 Å². The van der Waals surface area contributed by atoms with Crippen LogP contribution >= 0.6 is 0 Å². The molecule has 0 bridgehead atoms. The molecule has 2 rings (SSSR count). The van der Waals surface area contributed by atoms with Crippen LogP contribution in [0.15, 0.2) is 18.2 Å². The average molecular weight is 278 g/mol. The van der Waals surface area contributed by atoms with Gasteiger partial charge in [0, 0.05) is 31.6 Å². The van der Waals surface area contributed by atoms with Crippen LogP contribution in [0, 0.1) is 12.7 Å². The van der Waals surface area contributed by atoms with Crippen molar-refractivity contribution in [1.82, 2.24) is 10.2 Å². The zero-order valence-corrected chi connectivity index (χ0v) is 11.6. The number of nitrogens with zero attached hydrogens (tertiary/aromatic N) is 1. The molecule has 0 radical (unpaired) electrons. The summed E-state index contributed by atoms with van der Waals surface area (Å²) >= 11 is 0. The molecule has 1 aliphatic rings. The van der Waals surface area contributed by atoms with E-state index < -0.39 is 0 Å². The lowest BCUT2D eigenvalue weighted by Crippen LogP contribution is -2.30. The van der Waals surface area contributed by atoms with Crippen molar-refractivity contribution in [3.8, 4) is 0 Å². The maximum atomic E-state index is 13.1. The van der Waals surface area contributed by atoms with Gasteiger partial charge in [0.15, 0.2) is 0 Å². The van der Waals surface area contributed by atoms with Gasteiger partial charge in [0.05, 0.1) is 0 Å². The summed E-state index contributed by atoms with van der Waals surface area (Å²) in [5.74, 6) is -0.319. The molecule has 108 valence electrons. The average Bonchev–Trinajstić information content (AvgIpc) is 2.83. The van der Waals surface area contributed by atoms with Gasteiger partial charge < -0.3 is 10.2 Å². The first kappa shape index (κ1) is 14.5. The standard InChI is InChI=1S/C15H19FN2O2/c1-11-10-12(5-6-13(11)16)15(20)17-7-3-9-18-8-2-4-14(18)19/h5-6,10H,2-4,7-9H2,1H3,(H,17,20). The number of likely N-dealkylation sites (tertiary alicyclic amines) is 1. The maximum absolute atomic E-state index is 13.1. The predicted molar refractivity (Wildman–Crippen MR) is 73.9 cm³/mol. The first-order valence-corrected chi connectivity index (χ1v) is 6.90. The summed E-state index contributed by atoms with van der Waals surface area (Å²) in [5, 5.41) is 2.79. The van der Waals surface area contributed by atoms with Gasteiger partial charge in [-0.15, -0.1) is 0 Å². The number of nitrogens with one attached hydrogen (secondary N) is 1. The third kappa shape index (κ3) is 3.56. The van der Waals surface area contributed by atoms with Gasteiger partial charge in [-0.25, -0.2) is 4.39 Å². The molecule has 20 heavy (non-hydrogen) atoms. The highest BCUT2D eigenvalue weighted by Gasteiger charge is 2.19. The number of hydrogen-bond donors (Lipinski definition) is 1. The predicted octanol–water partition coefficient (Wildman–Crippen LogP) is 1.88. The molecule has 1 fully saturated rings. The van der Waals surface area contributed by atoms with Crippen molar-refractivity contribution in [2.75, 3.05) is 19.6 Å². The highest BCUT2D eigenvalue weighted by molar-refractivity contribution is 5.94. The Hall–Kier alpha value is -1.91. The van der Waals surface area contributed by atoms with E-state index in [-0.39, 0.29) is 17.6 Å². The molecular formula is C15H19FN2O2. The second-order valence-electron chi connectivity index (χ2n) is 5.06. The highest BCUT2D eigenvalue weighted by atomic mass is 19.1. The van der Waals surface area contributed by atoms with E-state index in [1.54, 1.807) is 6.92 Å². The highest BCUT2D eigenvalue weighted by Crippen LogP contribution is 2.10. The lowest BCUT2D eigenvalue weighted by atomic mass is 10.1. The molecule has 1 saturated heterocycles. The molecule has 0 spiro atoms. The Morgan fingerprint density at radius 3 is 2.90 bits per heavy atom. The number of carbonyl (C=O) groups is 2. The number of carbonyl (C=O) groups excluding carboxylic acids is 2. The van der Waals surface area contributed by atoms with Crippen molar-refractivity contribution in [2.24, 2.45) is 0 Å². The van der Waals surface area contributed by atoms with Gasteiger partial charge in [-0.2, -0.15) is 0 Å². The molecule has 0 aromatic heterocycles. The number of amides is 2. The minimum atomic E-state index is -0.311. The van der Waals surface area contributed by atoms with Gasteiger partial charge in [0.25, 0.3) is 5.91 Å². The zero-order valence-electron chi connectivity index (χ0n) is 11.6. The van der Waals surface area contributed by atoms with Crippen LogP contribution in [0.5, 0.6) is 0 Å². The second-order valence-corrected chi connectivity index (χ2v) is 5.06. The Morgan fingerprint density at radius 2 is 2.25 bits per heavy atom. The van der Waals surface area contributed by atoms with Gasteiger partial charge in [0.1, 0.15) is 5.82 Å². The van der Waals surface area contributed by atoms with Crippen molar-refractivity contribution in [3.05, 3.63) is 35.1 Å². The molecule has 1 aliphatic heterocycles. The largest absolute Gasteiger partial charge is 0.352 e. The van der Waals surface area contributed by atoms with Crippen molar-refractivity contribution in [1.29, 1.82) is 0 Å². The molecule has 0 unspecified atom stereocenters. The van der Waals surface area contributed by atoms with Crippen molar-refractivity contribution in [2.45, 2.75) is 26.2 Å². The molecule has 1 aromatic rings. The maximum Gasteiger partial charge on any atom is 0.251 e. The normalized spacial score (nSPS) is 14.7. The summed E-state index contributed by atoms with van der Waals surface area (Å²) < 4.78 is 13.1. The van der Waals surface area contributed by atoms with Gasteiger partial charge in [-0.3, -0.25) is 9.59 Å². The van der Waals surface area contributed by atoms with Crippen LogP contribution in [0.25, 0.3) is 0 Å². The number of halogens is 1. The number of aryl methyl sites for hydroxylation is 1. The van der Waals surface area contributed by atoms with E-state index in [9.17, 15) is 14.0 Å². The van der Waals surface area contributed by atoms with Crippen molar-refractivity contribution < 1.29 is 14.0 Å². The summed E-state index contributed by atoms with van der Waals surface area (Å²) in [5.41, 5.74) is 0.918. The van der Waals surface area contributed by atoms with Gasteiger partial charge in [-0.05, 0) is 43.5 Å². The summed E-state index contributed by atoms with van der Waals surface area (Å²) in [6.45, 7) is 3.65. The lowest BCUT2D eigenvalue weighted by Gasteiger charge is -2.15. The molecule has 4 nitrogen and oxygen atoms in total. The second kappa shape index (κ2) is 6.50. The Morgan fingerprint density at radius 1 is 1.45 bits per heavy atom. The molecule has 2 amide bonds. The van der Waals surface area contributed by atoms with E-state index >= 15 is 0 Å². The van der Waals surface area contributed by atoms with E-state index in [2.05, 4.69) is 5.32 Å². The molecule has 0 aliphatic carbocycles. The van der Waals surface area contributed by atoms with Crippen LogP contribution in [0.1, 0.15) is 35.2 Å². The number of hydrogen-bond acceptors (Lipinski definition) is 2. The number of rotatable bonds is 5. The Labute approximate surface area is 118 Å². The lowest BCUT2D eigenvalue weighted by molar-refractivity contribution is -0.127. The van der Waals surface area contributed by atoms with E-state index in [1.165, 1.54) is 18.2 Å². The Kier molecular flexibility index (Phi) is 4.71. The van der Waals surface area contributed by atoms with E-state index in [4.69, 9.17) is 0 Å². The molecule has 0 saturated carbocycles. The Bertz CT molecular complexity index is 517. The van der Waals surface area contributed by atoms with Crippen LogP contribution in [-0.2, 0) is 4.79 Å². The molecule has 5 heteroatoms. The summed E-state index contributed by atoms with van der Waals surface area (Å²) in [7, 11) is 0. The quantitative estimate of drug-likeness (QED) is 0.836. The molecule has 1 aromatic carbocycles. The minimum Gasteiger partial charge on any atom is -0.352 e. The first-order chi connectivity index (χ1) is 9.58. The third-order valence-electron chi connectivity index (χ3n) is 3.48. The van der Waals surface area contributed by atoms with Crippen LogP contribution in [0.3, 0.4) is 0 Å². The van der Waals surface area contributed by atoms with Crippen LogP contribution in [0.4, 0.5) is 4.39 Å². The van der Waals surface area contributed by atoms with Crippen LogP contribution in [0.2, 0.25) is 0 Å². The Balaban J connectivity index is 1.74. The fourth-order valence-electron chi connectivity index (χ4n) is 2.30. The fraction of sp³-hybridized carbons (Fsp3) is 0.467. The molecule has 1 heterocycles. The first-order valence-electron chi connectivity index (χ1n) is 6.90. The van der Waals surface area contributed by atoms with E-state index in [0.717, 1.165) is 19.4 Å². The minimum absolute atomic E-state index is 0.200. The molecular weight excluding hydrogens is 259 g/mol. The van der Waals surface area contributed by atoms with Crippen LogP contribution in [-0.4, -0.2) is 36.3 Å². The monoisotopic (exact) mass is 278 g/mol. The van der Waals surface area contributed by atoms with Crippen molar-refractivity contribution >= 4 is 11.8 Å². The molecule has 1 N–H and O–H groups in total. The molecule has 0 atom stereocenters. The summed E-state index contributed by atoms with van der Waals surface area (Å²) in [4.78, 5) is 25.1. The fourth-order valence-corrected chi connectivity index (χ4v) is 2.30. The summed E-state index contributed by atoms with van der Waals surface area (Å²) in [6.07, 6.45) is 2.30. The van der Waals surface area contributed by atoms with E-state index in [1.807, 2.05) is 4.90 Å².